The van der Waals surface area contributed by atoms with Crippen molar-refractivity contribution in [2.75, 3.05) is 19.6 Å². The lowest BCUT2D eigenvalue weighted by Crippen LogP contribution is -2.35. The fourth-order valence-electron chi connectivity index (χ4n) is 5.06. The molecule has 2 aliphatic rings. The van der Waals surface area contributed by atoms with Crippen molar-refractivity contribution < 1.29 is 14.0 Å². The summed E-state index contributed by atoms with van der Waals surface area (Å²) < 4.78 is 15.6. The zero-order valence-corrected chi connectivity index (χ0v) is 18.3. The van der Waals surface area contributed by atoms with E-state index in [9.17, 15) is 14.0 Å². The highest BCUT2D eigenvalue weighted by molar-refractivity contribution is 5.96. The van der Waals surface area contributed by atoms with Crippen LogP contribution in [0.1, 0.15) is 46.7 Å². The molecule has 8 heteroatoms. The third kappa shape index (κ3) is 4.01. The summed E-state index contributed by atoms with van der Waals surface area (Å²) in [7, 11) is 0. The molecule has 3 heterocycles. The van der Waals surface area contributed by atoms with Gasteiger partial charge in [0.25, 0.3) is 0 Å². The Labute approximate surface area is 182 Å². The molecule has 0 saturated carbocycles. The number of halogens is 2. The number of amides is 1. The van der Waals surface area contributed by atoms with Gasteiger partial charge in [-0.05, 0) is 44.4 Å². The summed E-state index contributed by atoms with van der Waals surface area (Å²) in [4.78, 5) is 26.9. The van der Waals surface area contributed by atoms with Crippen molar-refractivity contribution in [2.45, 2.75) is 39.8 Å². The number of carbonyl (C=O) groups excluding carboxylic acids is 2. The van der Waals surface area contributed by atoms with E-state index in [0.717, 1.165) is 24.3 Å². The van der Waals surface area contributed by atoms with Crippen LogP contribution in [0.25, 0.3) is 0 Å². The molecule has 1 aromatic heterocycles. The Morgan fingerprint density at radius 3 is 2.70 bits per heavy atom. The lowest BCUT2D eigenvalue weighted by Gasteiger charge is -2.28. The molecule has 0 aliphatic carbocycles. The lowest BCUT2D eigenvalue weighted by atomic mass is 9.89. The molecule has 30 heavy (non-hydrogen) atoms. The predicted octanol–water partition coefficient (Wildman–Crippen LogP) is 3.07. The van der Waals surface area contributed by atoms with Gasteiger partial charge in [0.05, 0.1) is 17.3 Å². The highest BCUT2D eigenvalue weighted by atomic mass is 35.5. The molecule has 0 bridgehead atoms. The minimum atomic E-state index is -0.274. The monoisotopic (exact) mass is 434 g/mol. The molecule has 2 saturated heterocycles. The van der Waals surface area contributed by atoms with Crippen LogP contribution in [0.3, 0.4) is 0 Å². The maximum atomic E-state index is 13.9. The number of aryl methyl sites for hydroxylation is 2. The second-order valence-corrected chi connectivity index (χ2v) is 8.20. The van der Waals surface area contributed by atoms with Crippen LogP contribution >= 0.6 is 12.4 Å². The van der Waals surface area contributed by atoms with Crippen LogP contribution in [-0.2, 0) is 11.3 Å². The fourth-order valence-corrected chi connectivity index (χ4v) is 5.06. The largest absolute Gasteiger partial charge is 0.335 e. The first kappa shape index (κ1) is 22.4. The Bertz CT molecular complexity index is 961. The highest BCUT2D eigenvalue weighted by Crippen LogP contribution is 2.43. The standard InChI is InChI=1S/C22H27FN4O2.ClH/c1-13-21(15(3)28)14(2)27(25-13)8-7-20(29)26-12-17-10-24-11-19(17)22(26)16-5-4-6-18(23)9-16;/h4-6,9,17,19,22,24H,7-8,10-12H2,1-3H3;1H/t17-,19-,22+;/m0./s1. The van der Waals surface area contributed by atoms with Crippen molar-refractivity contribution in [2.24, 2.45) is 11.8 Å². The molecule has 1 amide bonds. The number of nitrogens with zero attached hydrogens (tertiary/aromatic N) is 3. The van der Waals surface area contributed by atoms with Gasteiger partial charge in [-0.3, -0.25) is 14.3 Å². The molecule has 1 aromatic carbocycles. The first-order valence-corrected chi connectivity index (χ1v) is 10.2. The molecule has 2 fully saturated rings. The van der Waals surface area contributed by atoms with Gasteiger partial charge in [0.2, 0.25) is 5.91 Å². The molecule has 0 unspecified atom stereocenters. The second-order valence-electron chi connectivity index (χ2n) is 8.20. The molecule has 0 radical (unpaired) electrons. The van der Waals surface area contributed by atoms with Gasteiger partial charge in [-0.25, -0.2) is 4.39 Å². The summed E-state index contributed by atoms with van der Waals surface area (Å²) in [6.45, 7) is 8.06. The van der Waals surface area contributed by atoms with E-state index < -0.39 is 0 Å². The maximum absolute atomic E-state index is 13.9. The predicted molar refractivity (Wildman–Crippen MR) is 114 cm³/mol. The quantitative estimate of drug-likeness (QED) is 0.734. The first-order valence-electron chi connectivity index (χ1n) is 10.2. The first-order chi connectivity index (χ1) is 13.9. The summed E-state index contributed by atoms with van der Waals surface area (Å²) in [5.41, 5.74) is 2.99. The molecular weight excluding hydrogens is 407 g/mol. The van der Waals surface area contributed by atoms with Crippen molar-refractivity contribution in [1.29, 1.82) is 0 Å². The second kappa shape index (κ2) is 8.86. The third-order valence-electron chi connectivity index (χ3n) is 6.35. The molecule has 2 aromatic rings. The number of aromatic nitrogens is 2. The Balaban J connectivity index is 0.00000256. The Kier molecular flexibility index (Phi) is 6.62. The van der Waals surface area contributed by atoms with Crippen LogP contribution in [-0.4, -0.2) is 46.0 Å². The summed E-state index contributed by atoms with van der Waals surface area (Å²) in [6.07, 6.45) is 0.304. The Morgan fingerprint density at radius 2 is 2.03 bits per heavy atom. The summed E-state index contributed by atoms with van der Waals surface area (Å²) >= 11 is 0. The number of ketones is 1. The minimum Gasteiger partial charge on any atom is -0.335 e. The smallest absolute Gasteiger partial charge is 0.224 e. The van der Waals surface area contributed by atoms with Gasteiger partial charge in [-0.2, -0.15) is 5.10 Å². The number of Topliss-reactive ketones (excluding diaryl/α,β-unsaturated/α-hetero) is 1. The SMILES string of the molecule is CC(=O)c1c(C)nn(CCC(=O)N2C[C@@H]3CNC[C@@H]3[C@H]2c2cccc(F)c2)c1C.Cl. The molecule has 0 spiro atoms. The number of carbonyl (C=O) groups is 2. The van der Waals surface area contributed by atoms with Crippen molar-refractivity contribution in [3.05, 3.63) is 52.6 Å². The van der Waals surface area contributed by atoms with Crippen molar-refractivity contribution in [1.82, 2.24) is 20.0 Å². The minimum absolute atomic E-state index is 0. The molecule has 4 rings (SSSR count). The van der Waals surface area contributed by atoms with E-state index >= 15 is 0 Å². The zero-order chi connectivity index (χ0) is 20.7. The Morgan fingerprint density at radius 1 is 1.27 bits per heavy atom. The van der Waals surface area contributed by atoms with Gasteiger partial charge in [0, 0.05) is 44.2 Å². The van der Waals surface area contributed by atoms with Crippen LogP contribution in [0.4, 0.5) is 4.39 Å². The normalized spacial score (nSPS) is 22.7. The van der Waals surface area contributed by atoms with Crippen molar-refractivity contribution in [3.8, 4) is 0 Å². The molecular formula is C22H28ClFN4O2. The number of hydrogen-bond donors (Lipinski definition) is 1. The van der Waals surface area contributed by atoms with E-state index in [-0.39, 0.29) is 36.0 Å². The molecule has 3 atom stereocenters. The van der Waals surface area contributed by atoms with Gasteiger partial charge in [-0.15, -0.1) is 12.4 Å². The summed E-state index contributed by atoms with van der Waals surface area (Å²) in [6, 6.07) is 6.50. The lowest BCUT2D eigenvalue weighted by molar-refractivity contribution is -0.133. The number of hydrogen-bond acceptors (Lipinski definition) is 4. The average molecular weight is 435 g/mol. The van der Waals surface area contributed by atoms with E-state index in [1.165, 1.54) is 13.0 Å². The number of benzene rings is 1. The number of likely N-dealkylation sites (tertiary alicyclic amines) is 1. The van der Waals surface area contributed by atoms with E-state index in [1.807, 2.05) is 24.8 Å². The van der Waals surface area contributed by atoms with Gasteiger partial charge in [-0.1, -0.05) is 12.1 Å². The number of fused-ring (bicyclic) bond motifs is 1. The summed E-state index contributed by atoms with van der Waals surface area (Å²) in [5.74, 6) is 0.460. The van der Waals surface area contributed by atoms with E-state index in [0.29, 0.717) is 42.6 Å². The number of rotatable bonds is 5. The number of nitrogens with one attached hydrogen (secondary N) is 1. The van der Waals surface area contributed by atoms with E-state index in [4.69, 9.17) is 0 Å². The van der Waals surface area contributed by atoms with Crippen molar-refractivity contribution >= 4 is 24.1 Å². The topological polar surface area (TPSA) is 67.2 Å². The third-order valence-corrected chi connectivity index (χ3v) is 6.35. The van der Waals surface area contributed by atoms with Gasteiger partial charge >= 0.3 is 0 Å². The zero-order valence-electron chi connectivity index (χ0n) is 17.5. The van der Waals surface area contributed by atoms with Crippen LogP contribution in [0, 0.1) is 31.5 Å². The molecule has 1 N–H and O–H groups in total. The Hall–Kier alpha value is -2.25. The van der Waals surface area contributed by atoms with Crippen molar-refractivity contribution in [3.63, 3.8) is 0 Å². The van der Waals surface area contributed by atoms with Gasteiger partial charge in [0.15, 0.2) is 5.78 Å². The van der Waals surface area contributed by atoms with Crippen LogP contribution in [0.5, 0.6) is 0 Å². The molecule has 162 valence electrons. The van der Waals surface area contributed by atoms with Crippen LogP contribution < -0.4 is 5.32 Å². The molecule has 6 nitrogen and oxygen atoms in total. The summed E-state index contributed by atoms with van der Waals surface area (Å²) in [5, 5.41) is 7.85. The van der Waals surface area contributed by atoms with Gasteiger partial charge in [0.1, 0.15) is 5.82 Å². The van der Waals surface area contributed by atoms with Crippen LogP contribution in [0.2, 0.25) is 0 Å². The maximum Gasteiger partial charge on any atom is 0.224 e. The van der Waals surface area contributed by atoms with E-state index in [1.54, 1.807) is 16.8 Å². The van der Waals surface area contributed by atoms with E-state index in [2.05, 4.69) is 10.4 Å². The molecule has 2 aliphatic heterocycles. The van der Waals surface area contributed by atoms with Crippen LogP contribution in [0.15, 0.2) is 24.3 Å². The van der Waals surface area contributed by atoms with Gasteiger partial charge < -0.3 is 10.2 Å². The fraction of sp³-hybridized carbons (Fsp3) is 0.500. The average Bonchev–Trinajstić information content (AvgIpc) is 3.32. The highest BCUT2D eigenvalue weighted by Gasteiger charge is 2.46.